The van der Waals surface area contributed by atoms with Crippen molar-refractivity contribution >= 4 is 59.8 Å². The number of hydrogen-bond acceptors (Lipinski definition) is 6. The SMILES string of the molecule is [B]C1([B])CCC([B])([B])N1c1cc(C(=O)Nc2cc3cc(-c4cnc(C)n4C)cnc3cn2)ccn1. The second-order valence-electron chi connectivity index (χ2n) is 8.91. The van der Waals surface area contributed by atoms with Crippen LogP contribution in [0.25, 0.3) is 22.2 Å². The molecule has 4 aromatic heterocycles. The Kier molecular flexibility index (Phi) is 5.49. The molecule has 0 aromatic carbocycles. The summed E-state index contributed by atoms with van der Waals surface area (Å²) in [5.41, 5.74) is 2.88. The number of rotatable bonds is 4. The molecule has 12 heteroatoms. The number of anilines is 2. The van der Waals surface area contributed by atoms with Gasteiger partial charge in [0.15, 0.2) is 0 Å². The zero-order valence-corrected chi connectivity index (χ0v) is 19.4. The van der Waals surface area contributed by atoms with Gasteiger partial charge in [-0.15, -0.1) is 0 Å². The van der Waals surface area contributed by atoms with Gasteiger partial charge >= 0.3 is 0 Å². The Morgan fingerprint density at radius 2 is 1.71 bits per heavy atom. The molecule has 0 unspecified atom stereocenters. The van der Waals surface area contributed by atoms with Crippen LogP contribution in [-0.4, -0.2) is 72.5 Å². The van der Waals surface area contributed by atoms with Gasteiger partial charge in [0.05, 0.1) is 55.0 Å². The summed E-state index contributed by atoms with van der Waals surface area (Å²) in [5.74, 6) is 1.21. The summed E-state index contributed by atoms with van der Waals surface area (Å²) in [6, 6.07) is 6.88. The van der Waals surface area contributed by atoms with E-state index in [1.165, 1.54) is 11.1 Å². The standard InChI is InChI=1S/C23H19B4N7O/c1-13-29-12-18(33(13)2)16-7-15-8-19(31-11-17(15)30-10-16)32-21(35)14-3-6-28-20(9-14)34-22(24,25)4-5-23(34,26)27/h3,6-12H,4-5H2,1-2H3,(H,31,32,35). The van der Waals surface area contributed by atoms with Gasteiger partial charge in [0.1, 0.15) is 17.5 Å². The van der Waals surface area contributed by atoms with Gasteiger partial charge in [-0.2, -0.15) is 0 Å². The minimum atomic E-state index is -1.28. The van der Waals surface area contributed by atoms with E-state index in [4.69, 9.17) is 31.4 Å². The van der Waals surface area contributed by atoms with Gasteiger partial charge in [-0.3, -0.25) is 9.78 Å². The molecule has 1 saturated heterocycles. The highest BCUT2D eigenvalue weighted by atomic mass is 16.1. The first kappa shape index (κ1) is 23.2. The predicted molar refractivity (Wildman–Crippen MR) is 139 cm³/mol. The van der Waals surface area contributed by atoms with E-state index in [2.05, 4.69) is 25.3 Å². The van der Waals surface area contributed by atoms with Crippen LogP contribution in [0.4, 0.5) is 11.6 Å². The first-order valence-corrected chi connectivity index (χ1v) is 11.0. The highest BCUT2D eigenvalue weighted by Crippen LogP contribution is 2.37. The van der Waals surface area contributed by atoms with E-state index in [0.717, 1.165) is 22.5 Å². The molecule has 0 aliphatic carbocycles. The fourth-order valence-electron chi connectivity index (χ4n) is 4.32. The molecule has 1 N–H and O–H groups in total. The fourth-order valence-corrected chi connectivity index (χ4v) is 4.32. The average molecular weight is 453 g/mol. The molecule has 0 spiro atoms. The van der Waals surface area contributed by atoms with Gasteiger partial charge in [-0.05, 0) is 54.7 Å². The van der Waals surface area contributed by atoms with Gasteiger partial charge in [0.2, 0.25) is 0 Å². The minimum absolute atomic E-state index is 0.317. The number of pyridine rings is 3. The minimum Gasteiger partial charge on any atom is -0.380 e. The number of nitrogens with one attached hydrogen (secondary N) is 1. The van der Waals surface area contributed by atoms with Crippen molar-refractivity contribution in [2.75, 3.05) is 10.2 Å². The summed E-state index contributed by atoms with van der Waals surface area (Å²) in [7, 11) is 26.7. The summed E-state index contributed by atoms with van der Waals surface area (Å²) in [5, 5.41) is 1.09. The zero-order chi connectivity index (χ0) is 25.0. The smallest absolute Gasteiger partial charge is 0.257 e. The molecule has 0 saturated carbocycles. The van der Waals surface area contributed by atoms with Crippen molar-refractivity contribution in [1.29, 1.82) is 0 Å². The lowest BCUT2D eigenvalue weighted by molar-refractivity contribution is 0.102. The molecule has 1 aliphatic heterocycles. The molecule has 5 rings (SSSR count). The van der Waals surface area contributed by atoms with E-state index in [1.807, 2.05) is 24.6 Å². The zero-order valence-electron chi connectivity index (χ0n) is 19.4. The fraction of sp³-hybridized carbons (Fsp3) is 0.261. The molecule has 1 aliphatic rings. The van der Waals surface area contributed by atoms with Crippen LogP contribution in [0.1, 0.15) is 29.0 Å². The molecule has 5 heterocycles. The Bertz CT molecular complexity index is 1440. The Balaban J connectivity index is 1.42. The quantitative estimate of drug-likeness (QED) is 0.473. The molecule has 1 amide bonds. The van der Waals surface area contributed by atoms with Crippen LogP contribution in [0.15, 0.2) is 49.1 Å². The lowest BCUT2D eigenvalue weighted by atomic mass is 9.58. The second-order valence-corrected chi connectivity index (χ2v) is 8.91. The maximum absolute atomic E-state index is 13.0. The summed E-state index contributed by atoms with van der Waals surface area (Å²) in [6.45, 7) is 1.94. The summed E-state index contributed by atoms with van der Waals surface area (Å²) in [6.07, 6.45) is 7.44. The molecule has 35 heavy (non-hydrogen) atoms. The lowest BCUT2D eigenvalue weighted by Crippen LogP contribution is -2.56. The van der Waals surface area contributed by atoms with Crippen molar-refractivity contribution in [3.63, 3.8) is 0 Å². The van der Waals surface area contributed by atoms with Gasteiger partial charge < -0.3 is 14.8 Å². The van der Waals surface area contributed by atoms with Crippen LogP contribution in [0.2, 0.25) is 0 Å². The first-order valence-electron chi connectivity index (χ1n) is 11.0. The summed E-state index contributed by atoms with van der Waals surface area (Å²) < 4.78 is 1.99. The Labute approximate surface area is 208 Å². The maximum atomic E-state index is 13.0. The van der Waals surface area contributed by atoms with Crippen LogP contribution >= 0.6 is 0 Å². The number of carbonyl (C=O) groups is 1. The third-order valence-electron chi connectivity index (χ3n) is 6.32. The predicted octanol–water partition coefficient (Wildman–Crippen LogP) is 1.57. The molecular weight excluding hydrogens is 434 g/mol. The third kappa shape index (κ3) is 4.22. The lowest BCUT2D eigenvalue weighted by Gasteiger charge is -2.44. The third-order valence-corrected chi connectivity index (χ3v) is 6.32. The number of carbonyl (C=O) groups excluding carboxylic acids is 1. The topological polar surface area (TPSA) is 88.8 Å². The molecule has 4 aromatic rings. The Morgan fingerprint density at radius 3 is 2.40 bits per heavy atom. The van der Waals surface area contributed by atoms with Crippen molar-refractivity contribution in [2.45, 2.75) is 30.4 Å². The number of aryl methyl sites for hydroxylation is 1. The Hall–Kier alpha value is -3.55. The number of aromatic nitrogens is 5. The highest BCUT2D eigenvalue weighted by molar-refractivity contribution is 6.48. The summed E-state index contributed by atoms with van der Waals surface area (Å²) in [4.78, 5) is 31.9. The number of fused-ring (bicyclic) bond motifs is 1. The van der Waals surface area contributed by atoms with E-state index in [-0.39, 0.29) is 5.91 Å². The van der Waals surface area contributed by atoms with Crippen LogP contribution in [-0.2, 0) is 7.05 Å². The van der Waals surface area contributed by atoms with Gasteiger partial charge in [0.25, 0.3) is 5.91 Å². The highest BCUT2D eigenvalue weighted by Gasteiger charge is 2.43. The van der Waals surface area contributed by atoms with E-state index < -0.39 is 10.7 Å². The monoisotopic (exact) mass is 453 g/mol. The van der Waals surface area contributed by atoms with Crippen molar-refractivity contribution in [1.82, 2.24) is 24.5 Å². The second kappa shape index (κ2) is 8.29. The Morgan fingerprint density at radius 1 is 0.971 bits per heavy atom. The van der Waals surface area contributed by atoms with Crippen LogP contribution in [0.3, 0.4) is 0 Å². The molecular formula is C23H19B4N7O. The molecule has 164 valence electrons. The van der Waals surface area contributed by atoms with Gasteiger partial charge in [-0.25, -0.2) is 15.0 Å². The van der Waals surface area contributed by atoms with Crippen molar-refractivity contribution < 1.29 is 4.79 Å². The first-order chi connectivity index (χ1) is 16.5. The van der Waals surface area contributed by atoms with Gasteiger partial charge in [-0.1, -0.05) is 0 Å². The number of nitrogens with zero attached hydrogens (tertiary/aromatic N) is 6. The molecule has 1 fully saturated rings. The largest absolute Gasteiger partial charge is 0.380 e. The van der Waals surface area contributed by atoms with Gasteiger partial charge in [0, 0.05) is 36.0 Å². The number of hydrogen-bond donors (Lipinski definition) is 1. The van der Waals surface area contributed by atoms with Crippen molar-refractivity contribution in [3.8, 4) is 11.3 Å². The normalized spacial score (nSPS) is 16.5. The van der Waals surface area contributed by atoms with E-state index >= 15 is 0 Å². The van der Waals surface area contributed by atoms with Crippen LogP contribution in [0, 0.1) is 6.92 Å². The van der Waals surface area contributed by atoms with E-state index in [9.17, 15) is 4.79 Å². The van der Waals surface area contributed by atoms with Crippen molar-refractivity contribution in [2.24, 2.45) is 7.05 Å². The van der Waals surface area contributed by atoms with Crippen molar-refractivity contribution in [3.05, 3.63) is 60.4 Å². The maximum Gasteiger partial charge on any atom is 0.257 e. The molecule has 0 bridgehead atoms. The molecule has 0 atom stereocenters. The number of amides is 1. The average Bonchev–Trinajstić information content (AvgIpc) is 3.26. The van der Waals surface area contributed by atoms with E-state index in [1.54, 1.807) is 36.8 Å². The van der Waals surface area contributed by atoms with Crippen LogP contribution < -0.4 is 10.2 Å². The molecule has 8 nitrogen and oxygen atoms in total. The molecule has 8 radical (unpaired) electrons. The van der Waals surface area contributed by atoms with Crippen LogP contribution in [0.5, 0.6) is 0 Å². The summed E-state index contributed by atoms with van der Waals surface area (Å²) >= 11 is 0. The number of imidazole rings is 1. The van der Waals surface area contributed by atoms with E-state index in [0.29, 0.717) is 35.6 Å².